The highest BCUT2D eigenvalue weighted by Crippen LogP contribution is 2.34. The van der Waals surface area contributed by atoms with Gasteiger partial charge in [-0.25, -0.2) is 9.97 Å². The van der Waals surface area contributed by atoms with Crippen LogP contribution in [0.4, 0.5) is 0 Å². The number of aromatic nitrogens is 4. The lowest BCUT2D eigenvalue weighted by Crippen LogP contribution is -2.41. The molecule has 0 spiro atoms. The summed E-state index contributed by atoms with van der Waals surface area (Å²) in [5.74, 6) is 1.54. The fraction of sp³-hybridized carbons (Fsp3) is 0.375. The van der Waals surface area contributed by atoms with Gasteiger partial charge >= 0.3 is 0 Å². The Morgan fingerprint density at radius 2 is 1.05 bits per heavy atom. The number of imidazole rings is 2. The first-order valence-corrected chi connectivity index (χ1v) is 14.7. The molecule has 218 valence electrons. The third kappa shape index (κ3) is 5.35. The van der Waals surface area contributed by atoms with Gasteiger partial charge in [-0.3, -0.25) is 9.59 Å². The molecule has 0 radical (unpaired) electrons. The molecular formula is C32H38N8O2. The van der Waals surface area contributed by atoms with E-state index in [-0.39, 0.29) is 23.9 Å². The number of nitrogens with one attached hydrogen (secondary N) is 2. The number of carbonyl (C=O) groups excluding carboxylic acids is 2. The van der Waals surface area contributed by atoms with Gasteiger partial charge in [0.15, 0.2) is 0 Å². The second kappa shape index (κ2) is 11.5. The smallest absolute Gasteiger partial charge is 0.239 e. The van der Waals surface area contributed by atoms with Gasteiger partial charge in [-0.1, -0.05) is 48.5 Å². The number of carbonyl (C=O) groups is 2. The predicted octanol–water partition coefficient (Wildman–Crippen LogP) is 4.16. The maximum atomic E-state index is 12.5. The minimum absolute atomic E-state index is 0.0343. The number of hydrogen-bond donors (Lipinski definition) is 4. The quantitative estimate of drug-likeness (QED) is 0.264. The summed E-state index contributed by atoms with van der Waals surface area (Å²) in [7, 11) is 0. The SMILES string of the molecule is C[C@H](N)C(=O)N1CCC[C@H]1c1ncc(-c2ccc(-c3ccc(-c4cnc([C@@H]5CCCN5C(=O)[C@H](C)N)[nH]4)cc3)cc2)[nH]1. The van der Waals surface area contributed by atoms with Crippen molar-refractivity contribution in [3.8, 4) is 33.6 Å². The van der Waals surface area contributed by atoms with E-state index in [9.17, 15) is 9.59 Å². The van der Waals surface area contributed by atoms with Crippen molar-refractivity contribution in [2.75, 3.05) is 13.1 Å². The van der Waals surface area contributed by atoms with E-state index >= 15 is 0 Å². The first-order chi connectivity index (χ1) is 20.3. The molecule has 2 fully saturated rings. The van der Waals surface area contributed by atoms with Gasteiger partial charge in [0, 0.05) is 13.1 Å². The molecule has 2 aliphatic heterocycles. The lowest BCUT2D eigenvalue weighted by molar-refractivity contribution is -0.134. The summed E-state index contributed by atoms with van der Waals surface area (Å²) in [6, 6.07) is 15.6. The van der Waals surface area contributed by atoms with Crippen molar-refractivity contribution in [2.24, 2.45) is 11.5 Å². The predicted molar refractivity (Wildman–Crippen MR) is 162 cm³/mol. The molecular weight excluding hydrogens is 528 g/mol. The molecule has 6 rings (SSSR count). The normalized spacial score (nSPS) is 20.2. The molecule has 6 N–H and O–H groups in total. The first kappa shape index (κ1) is 27.9. The van der Waals surface area contributed by atoms with Crippen LogP contribution in [0.25, 0.3) is 33.6 Å². The van der Waals surface area contributed by atoms with Gasteiger partial charge in [0.05, 0.1) is 47.9 Å². The van der Waals surface area contributed by atoms with Crippen molar-refractivity contribution >= 4 is 11.8 Å². The highest BCUT2D eigenvalue weighted by atomic mass is 16.2. The van der Waals surface area contributed by atoms with E-state index in [1.54, 1.807) is 13.8 Å². The van der Waals surface area contributed by atoms with Crippen LogP contribution < -0.4 is 11.5 Å². The van der Waals surface area contributed by atoms with E-state index in [0.717, 1.165) is 71.0 Å². The molecule has 42 heavy (non-hydrogen) atoms. The number of aromatic amines is 2. The summed E-state index contributed by atoms with van der Waals surface area (Å²) in [6.45, 7) is 4.88. The standard InChI is InChI=1S/C32H38N8O2/c1-19(33)31(41)39-15-3-5-27(39)29-35-17-25(37-29)23-11-7-21(8-12-23)22-9-13-24(14-10-22)26-18-36-30(38-26)28-6-4-16-40(28)32(42)20(2)34/h7-14,17-20,27-28H,3-6,15-16,33-34H2,1-2H3,(H,35,37)(H,36,38)/t19-,20-,27-,28-/m0/s1. The number of benzene rings is 2. The molecule has 2 aromatic heterocycles. The maximum Gasteiger partial charge on any atom is 0.239 e. The number of hydrogen-bond acceptors (Lipinski definition) is 6. The minimum atomic E-state index is -0.515. The highest BCUT2D eigenvalue weighted by Gasteiger charge is 2.34. The van der Waals surface area contributed by atoms with Crippen molar-refractivity contribution < 1.29 is 9.59 Å². The van der Waals surface area contributed by atoms with Crippen LogP contribution in [-0.4, -0.2) is 66.7 Å². The summed E-state index contributed by atoms with van der Waals surface area (Å²) in [4.78, 5) is 44.8. The minimum Gasteiger partial charge on any atom is -0.340 e. The Hall–Kier alpha value is -4.28. The number of H-pyrrole nitrogens is 2. The number of nitrogens with zero attached hydrogens (tertiary/aromatic N) is 4. The molecule has 0 bridgehead atoms. The van der Waals surface area contributed by atoms with E-state index in [1.165, 1.54) is 0 Å². The van der Waals surface area contributed by atoms with E-state index in [4.69, 9.17) is 11.5 Å². The van der Waals surface area contributed by atoms with Crippen molar-refractivity contribution in [2.45, 2.75) is 63.7 Å². The third-order valence-electron chi connectivity index (χ3n) is 8.40. The van der Waals surface area contributed by atoms with Gasteiger partial charge < -0.3 is 31.2 Å². The van der Waals surface area contributed by atoms with Crippen molar-refractivity contribution in [1.29, 1.82) is 0 Å². The zero-order chi connectivity index (χ0) is 29.4. The van der Waals surface area contributed by atoms with E-state index in [0.29, 0.717) is 13.1 Å². The molecule has 10 nitrogen and oxygen atoms in total. The van der Waals surface area contributed by atoms with Crippen LogP contribution in [0.15, 0.2) is 60.9 Å². The Kier molecular flexibility index (Phi) is 7.66. The summed E-state index contributed by atoms with van der Waals surface area (Å²) in [5, 5.41) is 0. The number of amides is 2. The van der Waals surface area contributed by atoms with Crippen molar-refractivity contribution in [3.63, 3.8) is 0 Å². The monoisotopic (exact) mass is 566 g/mol. The Balaban J connectivity index is 1.13. The average molecular weight is 567 g/mol. The zero-order valence-electron chi connectivity index (χ0n) is 24.1. The van der Waals surface area contributed by atoms with Gasteiger partial charge in [-0.15, -0.1) is 0 Å². The molecule has 2 aromatic carbocycles. The van der Waals surface area contributed by atoms with Crippen LogP contribution in [0.3, 0.4) is 0 Å². The third-order valence-corrected chi connectivity index (χ3v) is 8.40. The Morgan fingerprint density at radius 1 is 0.690 bits per heavy atom. The van der Waals surface area contributed by atoms with Crippen molar-refractivity contribution in [1.82, 2.24) is 29.7 Å². The summed E-state index contributed by atoms with van der Waals surface area (Å²) < 4.78 is 0. The van der Waals surface area contributed by atoms with Crippen LogP contribution in [0.2, 0.25) is 0 Å². The molecule has 2 saturated heterocycles. The van der Waals surface area contributed by atoms with Gasteiger partial charge in [0.1, 0.15) is 11.6 Å². The van der Waals surface area contributed by atoms with Crippen LogP contribution >= 0.6 is 0 Å². The number of rotatable bonds is 7. The molecule has 4 aromatic rings. The van der Waals surface area contributed by atoms with Crippen LogP contribution in [0.1, 0.15) is 63.3 Å². The lowest BCUT2D eigenvalue weighted by atomic mass is 10.0. The van der Waals surface area contributed by atoms with Gasteiger partial charge in [0.25, 0.3) is 0 Å². The van der Waals surface area contributed by atoms with Crippen LogP contribution in [0, 0.1) is 0 Å². The fourth-order valence-corrected chi connectivity index (χ4v) is 6.14. The molecule has 4 heterocycles. The topological polar surface area (TPSA) is 150 Å². The second-order valence-electron chi connectivity index (χ2n) is 11.5. The summed E-state index contributed by atoms with van der Waals surface area (Å²) >= 11 is 0. The molecule has 2 amide bonds. The maximum absolute atomic E-state index is 12.5. The largest absolute Gasteiger partial charge is 0.340 e. The molecule has 2 aliphatic rings. The van der Waals surface area contributed by atoms with E-state index < -0.39 is 12.1 Å². The average Bonchev–Trinajstić information content (AvgIpc) is 3.82. The van der Waals surface area contributed by atoms with E-state index in [2.05, 4.69) is 68.5 Å². The first-order valence-electron chi connectivity index (χ1n) is 14.7. The van der Waals surface area contributed by atoms with Crippen molar-refractivity contribution in [3.05, 3.63) is 72.6 Å². The Morgan fingerprint density at radius 3 is 1.40 bits per heavy atom. The Labute approximate surface area is 245 Å². The highest BCUT2D eigenvalue weighted by molar-refractivity contribution is 5.82. The molecule has 0 aliphatic carbocycles. The molecule has 4 atom stereocenters. The van der Waals surface area contributed by atoms with Crippen LogP contribution in [-0.2, 0) is 9.59 Å². The summed E-state index contributed by atoms with van der Waals surface area (Å²) in [5.41, 5.74) is 17.8. The Bertz CT molecular complexity index is 1440. The summed E-state index contributed by atoms with van der Waals surface area (Å²) in [6.07, 6.45) is 7.33. The second-order valence-corrected chi connectivity index (χ2v) is 11.5. The lowest BCUT2D eigenvalue weighted by Gasteiger charge is -2.24. The molecule has 0 unspecified atom stereocenters. The number of likely N-dealkylation sites (tertiary alicyclic amines) is 2. The van der Waals surface area contributed by atoms with Crippen LogP contribution in [0.5, 0.6) is 0 Å². The van der Waals surface area contributed by atoms with Gasteiger partial charge in [-0.2, -0.15) is 0 Å². The van der Waals surface area contributed by atoms with Gasteiger partial charge in [0.2, 0.25) is 11.8 Å². The fourth-order valence-electron chi connectivity index (χ4n) is 6.14. The zero-order valence-corrected chi connectivity index (χ0v) is 24.1. The van der Waals surface area contributed by atoms with E-state index in [1.807, 2.05) is 22.2 Å². The number of nitrogens with two attached hydrogens (primary N) is 2. The van der Waals surface area contributed by atoms with Gasteiger partial charge in [-0.05, 0) is 61.8 Å². The molecule has 0 saturated carbocycles. The molecule has 10 heteroatoms.